The Hall–Kier alpha value is -0.420. The average Bonchev–Trinajstić information content (AvgIpc) is 3.00. The van der Waals surface area contributed by atoms with Crippen LogP contribution in [0.25, 0.3) is 0 Å². The first kappa shape index (κ1) is 18.6. The van der Waals surface area contributed by atoms with Gasteiger partial charge in [0, 0.05) is 25.4 Å². The van der Waals surface area contributed by atoms with E-state index in [1.807, 2.05) is 7.05 Å². The largest absolute Gasteiger partial charge is 0.356 e. The minimum absolute atomic E-state index is 0.771. The van der Waals surface area contributed by atoms with Gasteiger partial charge >= 0.3 is 0 Å². The first-order valence-electron chi connectivity index (χ1n) is 8.58. The molecule has 1 fully saturated rings. The third kappa shape index (κ3) is 8.57. The molecule has 4 nitrogen and oxygen atoms in total. The summed E-state index contributed by atoms with van der Waals surface area (Å²) in [5.41, 5.74) is 0. The summed E-state index contributed by atoms with van der Waals surface area (Å²) < 4.78 is 0. The highest BCUT2D eigenvalue weighted by atomic mass is 32.2. The number of nitrogens with zero attached hydrogens (tertiary/aromatic N) is 2. The zero-order valence-corrected chi connectivity index (χ0v) is 15.0. The molecule has 0 saturated carbocycles. The smallest absolute Gasteiger partial charge is 0.191 e. The number of thioether (sulfide) groups is 1. The molecule has 21 heavy (non-hydrogen) atoms. The molecule has 0 amide bonds. The van der Waals surface area contributed by atoms with E-state index in [-0.39, 0.29) is 0 Å². The normalized spacial score (nSPS) is 19.2. The number of guanidine groups is 1. The summed E-state index contributed by atoms with van der Waals surface area (Å²) >= 11 is 2.09. The number of rotatable bonds is 10. The van der Waals surface area contributed by atoms with E-state index in [0.29, 0.717) is 0 Å². The molecule has 124 valence electrons. The van der Waals surface area contributed by atoms with E-state index in [1.165, 1.54) is 57.5 Å². The minimum Gasteiger partial charge on any atom is -0.356 e. The lowest BCUT2D eigenvalue weighted by Gasteiger charge is -2.21. The molecular weight excluding hydrogens is 280 g/mol. The summed E-state index contributed by atoms with van der Waals surface area (Å²) in [6.45, 7) is 10.2. The second-order valence-electron chi connectivity index (χ2n) is 5.71. The van der Waals surface area contributed by atoms with E-state index >= 15 is 0 Å². The van der Waals surface area contributed by atoms with Crippen LogP contribution < -0.4 is 10.6 Å². The number of nitrogens with one attached hydrogen (secondary N) is 2. The molecule has 0 aromatic rings. The summed E-state index contributed by atoms with van der Waals surface area (Å²) in [6, 6.07) is 0. The minimum atomic E-state index is 0.771. The standard InChI is InChI=1S/C16H34N4S/c1-4-10-20(11-5-2)12-7-9-18-16(17-3)19-14-15-8-6-13-21-15/h15H,4-14H2,1-3H3,(H2,17,18,19). The van der Waals surface area contributed by atoms with Gasteiger partial charge in [-0.25, -0.2) is 0 Å². The summed E-state index contributed by atoms with van der Waals surface area (Å²) in [5.74, 6) is 2.28. The van der Waals surface area contributed by atoms with Crippen LogP contribution in [0.15, 0.2) is 4.99 Å². The van der Waals surface area contributed by atoms with Gasteiger partial charge < -0.3 is 15.5 Å². The van der Waals surface area contributed by atoms with Crippen LogP contribution in [0.1, 0.15) is 46.0 Å². The molecule has 0 aromatic carbocycles. The van der Waals surface area contributed by atoms with E-state index < -0.39 is 0 Å². The van der Waals surface area contributed by atoms with Gasteiger partial charge in [0.05, 0.1) is 0 Å². The van der Waals surface area contributed by atoms with E-state index in [0.717, 1.165) is 24.3 Å². The van der Waals surface area contributed by atoms with E-state index in [1.54, 1.807) is 0 Å². The van der Waals surface area contributed by atoms with Crippen LogP contribution in [-0.4, -0.2) is 61.6 Å². The predicted molar refractivity (Wildman–Crippen MR) is 96.5 cm³/mol. The van der Waals surface area contributed by atoms with Crippen molar-refractivity contribution in [2.45, 2.75) is 51.2 Å². The lowest BCUT2D eigenvalue weighted by Crippen LogP contribution is -2.41. The van der Waals surface area contributed by atoms with Crippen molar-refractivity contribution in [3.8, 4) is 0 Å². The number of hydrogen-bond acceptors (Lipinski definition) is 3. The Morgan fingerprint density at radius 2 is 1.95 bits per heavy atom. The fourth-order valence-electron chi connectivity index (χ4n) is 2.71. The molecule has 1 heterocycles. The molecule has 0 spiro atoms. The van der Waals surface area contributed by atoms with Gasteiger partial charge in [-0.1, -0.05) is 13.8 Å². The van der Waals surface area contributed by atoms with E-state index in [9.17, 15) is 0 Å². The van der Waals surface area contributed by atoms with Gasteiger partial charge in [-0.05, 0) is 57.5 Å². The van der Waals surface area contributed by atoms with Crippen molar-refractivity contribution < 1.29 is 0 Å². The highest BCUT2D eigenvalue weighted by Gasteiger charge is 2.15. The van der Waals surface area contributed by atoms with Gasteiger partial charge in [0.25, 0.3) is 0 Å². The second-order valence-corrected chi connectivity index (χ2v) is 7.12. The monoisotopic (exact) mass is 314 g/mol. The zero-order valence-electron chi connectivity index (χ0n) is 14.2. The van der Waals surface area contributed by atoms with Crippen molar-refractivity contribution in [1.29, 1.82) is 0 Å². The Morgan fingerprint density at radius 3 is 2.52 bits per heavy atom. The molecule has 2 N–H and O–H groups in total. The van der Waals surface area contributed by atoms with Gasteiger partial charge in [-0.3, -0.25) is 4.99 Å². The van der Waals surface area contributed by atoms with Crippen LogP contribution in [-0.2, 0) is 0 Å². The molecule has 0 aliphatic carbocycles. The van der Waals surface area contributed by atoms with Crippen LogP contribution in [0.4, 0.5) is 0 Å². The Bertz CT molecular complexity index is 271. The fourth-order valence-corrected chi connectivity index (χ4v) is 3.91. The third-order valence-corrected chi connectivity index (χ3v) is 5.17. The topological polar surface area (TPSA) is 39.7 Å². The molecule has 1 unspecified atom stereocenters. The highest BCUT2D eigenvalue weighted by Crippen LogP contribution is 2.25. The Morgan fingerprint density at radius 1 is 1.19 bits per heavy atom. The van der Waals surface area contributed by atoms with Gasteiger partial charge in [0.1, 0.15) is 0 Å². The maximum atomic E-state index is 4.31. The van der Waals surface area contributed by atoms with E-state index in [4.69, 9.17) is 0 Å². The molecule has 1 aliphatic heterocycles. The number of hydrogen-bond donors (Lipinski definition) is 2. The van der Waals surface area contributed by atoms with Crippen LogP contribution in [0, 0.1) is 0 Å². The molecule has 0 bridgehead atoms. The van der Waals surface area contributed by atoms with Crippen LogP contribution in [0.3, 0.4) is 0 Å². The van der Waals surface area contributed by atoms with Crippen molar-refractivity contribution in [2.24, 2.45) is 4.99 Å². The van der Waals surface area contributed by atoms with Crippen molar-refractivity contribution in [3.63, 3.8) is 0 Å². The van der Waals surface area contributed by atoms with Crippen molar-refractivity contribution >= 4 is 17.7 Å². The highest BCUT2D eigenvalue weighted by molar-refractivity contribution is 8.00. The Labute approximate surface area is 135 Å². The average molecular weight is 315 g/mol. The van der Waals surface area contributed by atoms with E-state index in [2.05, 4.69) is 46.1 Å². The summed E-state index contributed by atoms with van der Waals surface area (Å²) in [7, 11) is 1.86. The molecule has 0 radical (unpaired) electrons. The van der Waals surface area contributed by atoms with Crippen molar-refractivity contribution in [3.05, 3.63) is 0 Å². The SMILES string of the molecule is CCCN(CCC)CCCNC(=NC)NCC1CCCS1. The fraction of sp³-hybridized carbons (Fsp3) is 0.938. The molecule has 1 rings (SSSR count). The predicted octanol–water partition coefficient (Wildman–Crippen LogP) is 2.56. The van der Waals surface area contributed by atoms with Gasteiger partial charge in [0.15, 0.2) is 5.96 Å². The van der Waals surface area contributed by atoms with Crippen LogP contribution in [0.2, 0.25) is 0 Å². The summed E-state index contributed by atoms with van der Waals surface area (Å²) in [6.07, 6.45) is 6.38. The zero-order chi connectivity index (χ0) is 15.3. The summed E-state index contributed by atoms with van der Waals surface area (Å²) in [5, 5.41) is 7.66. The molecule has 0 aromatic heterocycles. The van der Waals surface area contributed by atoms with Crippen molar-refractivity contribution in [1.82, 2.24) is 15.5 Å². The van der Waals surface area contributed by atoms with Gasteiger partial charge in [0.2, 0.25) is 0 Å². The lowest BCUT2D eigenvalue weighted by atomic mass is 10.2. The molecule has 1 atom stereocenters. The summed E-state index contributed by atoms with van der Waals surface area (Å²) in [4.78, 5) is 6.87. The first-order valence-corrected chi connectivity index (χ1v) is 9.63. The first-order chi connectivity index (χ1) is 10.3. The Kier molecular flexibility index (Phi) is 10.8. The van der Waals surface area contributed by atoms with Gasteiger partial charge in [-0.2, -0.15) is 11.8 Å². The molecular formula is C16H34N4S. The second kappa shape index (κ2) is 12.2. The molecule has 1 aliphatic rings. The lowest BCUT2D eigenvalue weighted by molar-refractivity contribution is 0.271. The van der Waals surface area contributed by atoms with Crippen molar-refractivity contribution in [2.75, 3.05) is 45.5 Å². The quantitative estimate of drug-likeness (QED) is 0.369. The van der Waals surface area contributed by atoms with Crippen LogP contribution >= 0.6 is 11.8 Å². The van der Waals surface area contributed by atoms with Gasteiger partial charge in [-0.15, -0.1) is 0 Å². The van der Waals surface area contributed by atoms with Crippen LogP contribution in [0.5, 0.6) is 0 Å². The Balaban J connectivity index is 2.10. The third-order valence-electron chi connectivity index (χ3n) is 3.77. The number of aliphatic imine (C=N–C) groups is 1. The molecule has 1 saturated heterocycles. The maximum absolute atomic E-state index is 4.31. The maximum Gasteiger partial charge on any atom is 0.191 e. The molecule has 5 heteroatoms.